The number of hydrogen-bond donors (Lipinski definition) is 0. The Morgan fingerprint density at radius 2 is 2.00 bits per heavy atom. The molecule has 0 amide bonds. The van der Waals surface area contributed by atoms with Crippen molar-refractivity contribution in [3.63, 3.8) is 0 Å². The van der Waals surface area contributed by atoms with Crippen molar-refractivity contribution in [3.05, 3.63) is 47.8 Å². The second-order valence-corrected chi connectivity index (χ2v) is 4.32. The van der Waals surface area contributed by atoms with Gasteiger partial charge in [-0.3, -0.25) is 4.79 Å². The zero-order chi connectivity index (χ0) is 15.4. The molecule has 0 saturated carbocycles. The number of carbonyl (C=O) groups excluding carboxylic acids is 1. The van der Waals surface area contributed by atoms with E-state index in [2.05, 4.69) is 5.10 Å². The minimum atomic E-state index is -3.17. The molecule has 0 N–H and O–H groups in total. The molecule has 7 heteroatoms. The number of carbonyl (C=O) groups is 1. The number of halogens is 3. The molecule has 4 nitrogen and oxygen atoms in total. The molecule has 2 rings (SSSR count). The Morgan fingerprint density at radius 3 is 2.67 bits per heavy atom. The summed E-state index contributed by atoms with van der Waals surface area (Å²) in [5.41, 5.74) is 0.523. The molecule has 0 bridgehead atoms. The van der Waals surface area contributed by atoms with Gasteiger partial charge < -0.3 is 4.74 Å². The predicted octanol–water partition coefficient (Wildman–Crippen LogP) is 3.40. The SMILES string of the molecule is CC(=O)c1ccccc1OCc1ccnn1C(F)C(F)F. The van der Waals surface area contributed by atoms with Crippen molar-refractivity contribution in [3.8, 4) is 5.75 Å². The van der Waals surface area contributed by atoms with Crippen LogP contribution >= 0.6 is 0 Å². The zero-order valence-electron chi connectivity index (χ0n) is 11.2. The maximum Gasteiger partial charge on any atom is 0.289 e. The third-order valence-electron chi connectivity index (χ3n) is 2.84. The molecule has 1 unspecified atom stereocenters. The maximum atomic E-state index is 13.3. The molecular weight excluding hydrogens is 285 g/mol. The largest absolute Gasteiger partial charge is 0.487 e. The number of aromatic nitrogens is 2. The highest BCUT2D eigenvalue weighted by Crippen LogP contribution is 2.22. The molecule has 1 aromatic carbocycles. The first-order valence-corrected chi connectivity index (χ1v) is 6.18. The van der Waals surface area contributed by atoms with Gasteiger partial charge in [0.1, 0.15) is 12.4 Å². The maximum absolute atomic E-state index is 13.3. The summed E-state index contributed by atoms with van der Waals surface area (Å²) in [4.78, 5) is 11.4. The van der Waals surface area contributed by atoms with E-state index < -0.39 is 12.7 Å². The van der Waals surface area contributed by atoms with Crippen molar-refractivity contribution in [1.82, 2.24) is 9.78 Å². The Bertz CT molecular complexity index is 628. The molecule has 1 heterocycles. The fourth-order valence-electron chi connectivity index (χ4n) is 1.82. The summed E-state index contributed by atoms with van der Waals surface area (Å²) >= 11 is 0. The van der Waals surface area contributed by atoms with Crippen LogP contribution < -0.4 is 4.74 Å². The van der Waals surface area contributed by atoms with E-state index in [0.717, 1.165) is 0 Å². The van der Waals surface area contributed by atoms with Crippen LogP contribution in [0.4, 0.5) is 13.2 Å². The summed E-state index contributed by atoms with van der Waals surface area (Å²) in [6.07, 6.45) is -4.49. The standard InChI is InChI=1S/C14H13F3N2O2/c1-9(20)11-4-2-3-5-12(11)21-8-10-6-7-18-19(10)14(17)13(15)16/h2-7,13-14H,8H2,1H3. The van der Waals surface area contributed by atoms with Crippen molar-refractivity contribution >= 4 is 5.78 Å². The van der Waals surface area contributed by atoms with Gasteiger partial charge in [-0.2, -0.15) is 5.10 Å². The Labute approximate surface area is 119 Å². The van der Waals surface area contributed by atoms with Gasteiger partial charge >= 0.3 is 0 Å². The van der Waals surface area contributed by atoms with Crippen LogP contribution in [-0.4, -0.2) is 22.0 Å². The summed E-state index contributed by atoms with van der Waals surface area (Å²) in [5, 5.41) is 3.52. The molecule has 112 valence electrons. The highest BCUT2D eigenvalue weighted by Gasteiger charge is 2.24. The lowest BCUT2D eigenvalue weighted by Gasteiger charge is -2.13. The summed E-state index contributed by atoms with van der Waals surface area (Å²) in [5.74, 6) is 0.125. The van der Waals surface area contributed by atoms with Gasteiger partial charge in [-0.1, -0.05) is 12.1 Å². The van der Waals surface area contributed by atoms with Gasteiger partial charge in [-0.25, -0.2) is 17.9 Å². The molecule has 1 atom stereocenters. The van der Waals surface area contributed by atoms with Crippen molar-refractivity contribution in [2.75, 3.05) is 0 Å². The van der Waals surface area contributed by atoms with Crippen LogP contribution in [0.15, 0.2) is 36.5 Å². The third kappa shape index (κ3) is 3.42. The minimum absolute atomic E-state index is 0.154. The van der Waals surface area contributed by atoms with Crippen molar-refractivity contribution in [2.24, 2.45) is 0 Å². The number of ether oxygens (including phenoxy) is 1. The van der Waals surface area contributed by atoms with Gasteiger partial charge in [0.2, 0.25) is 0 Å². The van der Waals surface area contributed by atoms with Crippen LogP contribution in [0.2, 0.25) is 0 Å². The predicted molar refractivity (Wildman–Crippen MR) is 69.2 cm³/mol. The van der Waals surface area contributed by atoms with Crippen molar-refractivity contribution in [2.45, 2.75) is 26.3 Å². The number of Topliss-reactive ketones (excluding diaryl/α,β-unsaturated/α-hetero) is 1. The van der Waals surface area contributed by atoms with Gasteiger partial charge in [0.15, 0.2) is 5.78 Å². The number of hydrogen-bond acceptors (Lipinski definition) is 3. The third-order valence-corrected chi connectivity index (χ3v) is 2.84. The Balaban J connectivity index is 2.15. The van der Waals surface area contributed by atoms with E-state index in [4.69, 9.17) is 4.74 Å². The second-order valence-electron chi connectivity index (χ2n) is 4.32. The normalized spacial score (nSPS) is 12.4. The lowest BCUT2D eigenvalue weighted by molar-refractivity contribution is -0.00234. The average molecular weight is 298 g/mol. The average Bonchev–Trinajstić information content (AvgIpc) is 2.92. The minimum Gasteiger partial charge on any atom is -0.487 e. The summed E-state index contributed by atoms with van der Waals surface area (Å²) in [7, 11) is 0. The highest BCUT2D eigenvalue weighted by atomic mass is 19.3. The van der Waals surface area contributed by atoms with Gasteiger partial charge in [-0.15, -0.1) is 0 Å². The van der Waals surface area contributed by atoms with Gasteiger partial charge in [0, 0.05) is 6.20 Å². The second kappa shape index (κ2) is 6.43. The fraction of sp³-hybridized carbons (Fsp3) is 0.286. The summed E-state index contributed by atoms with van der Waals surface area (Å²) in [6, 6.07) is 7.91. The molecule has 2 aromatic rings. The van der Waals surface area contributed by atoms with Gasteiger partial charge in [-0.05, 0) is 25.1 Å². The van der Waals surface area contributed by atoms with E-state index in [9.17, 15) is 18.0 Å². The van der Waals surface area contributed by atoms with Crippen LogP contribution in [0.1, 0.15) is 29.3 Å². The van der Waals surface area contributed by atoms with Crippen molar-refractivity contribution in [1.29, 1.82) is 0 Å². The number of benzene rings is 1. The van der Waals surface area contributed by atoms with E-state index in [0.29, 0.717) is 16.0 Å². The summed E-state index contributed by atoms with van der Waals surface area (Å²) < 4.78 is 44.1. The lowest BCUT2D eigenvalue weighted by Crippen LogP contribution is -2.17. The number of para-hydroxylation sites is 1. The molecule has 0 aliphatic carbocycles. The zero-order valence-corrected chi connectivity index (χ0v) is 11.2. The molecule has 0 fully saturated rings. The molecule has 21 heavy (non-hydrogen) atoms. The monoisotopic (exact) mass is 298 g/mol. The molecule has 0 saturated heterocycles. The first kappa shape index (κ1) is 15.1. The molecular formula is C14H13F3N2O2. The number of ketones is 1. The van der Waals surface area contributed by atoms with E-state index in [1.54, 1.807) is 24.3 Å². The lowest BCUT2D eigenvalue weighted by atomic mass is 10.1. The number of rotatable bonds is 6. The first-order valence-electron chi connectivity index (χ1n) is 6.18. The first-order chi connectivity index (χ1) is 10.0. The Kier molecular flexibility index (Phi) is 4.62. The topological polar surface area (TPSA) is 44.1 Å². The van der Waals surface area contributed by atoms with E-state index in [1.165, 1.54) is 19.2 Å². The van der Waals surface area contributed by atoms with Crippen molar-refractivity contribution < 1.29 is 22.7 Å². The Hall–Kier alpha value is -2.31. The van der Waals surface area contributed by atoms with E-state index >= 15 is 0 Å². The molecule has 0 radical (unpaired) electrons. The molecule has 0 aliphatic rings. The van der Waals surface area contributed by atoms with Crippen LogP contribution in [-0.2, 0) is 6.61 Å². The smallest absolute Gasteiger partial charge is 0.289 e. The summed E-state index contributed by atoms with van der Waals surface area (Å²) in [6.45, 7) is 1.22. The molecule has 0 aliphatic heterocycles. The number of nitrogens with zero attached hydrogens (tertiary/aromatic N) is 2. The van der Waals surface area contributed by atoms with Gasteiger partial charge in [0.05, 0.1) is 11.3 Å². The molecule has 0 spiro atoms. The van der Waals surface area contributed by atoms with Gasteiger partial charge in [0.25, 0.3) is 12.7 Å². The van der Waals surface area contributed by atoms with E-state index in [1.807, 2.05) is 0 Å². The quantitative estimate of drug-likeness (QED) is 0.768. The Morgan fingerprint density at radius 1 is 1.29 bits per heavy atom. The van der Waals surface area contributed by atoms with E-state index in [-0.39, 0.29) is 18.1 Å². The highest BCUT2D eigenvalue weighted by molar-refractivity contribution is 5.96. The fourth-order valence-corrected chi connectivity index (χ4v) is 1.82. The van der Waals surface area contributed by atoms with Crippen LogP contribution in [0, 0.1) is 0 Å². The van der Waals surface area contributed by atoms with Crippen LogP contribution in [0.3, 0.4) is 0 Å². The number of alkyl halides is 3. The van der Waals surface area contributed by atoms with Crippen LogP contribution in [0.5, 0.6) is 5.75 Å². The molecule has 1 aromatic heterocycles. The van der Waals surface area contributed by atoms with Crippen LogP contribution in [0.25, 0.3) is 0 Å².